The number of anilines is 1. The molecule has 0 spiro atoms. The van der Waals surface area contributed by atoms with Crippen molar-refractivity contribution in [3.8, 4) is 0 Å². The van der Waals surface area contributed by atoms with Gasteiger partial charge in [0.15, 0.2) is 0 Å². The number of methoxy groups -OCH3 is 1. The van der Waals surface area contributed by atoms with Gasteiger partial charge < -0.3 is 4.74 Å². The highest BCUT2D eigenvalue weighted by atomic mass is 19.4. The van der Waals surface area contributed by atoms with Crippen molar-refractivity contribution >= 4 is 11.9 Å². The fraction of sp³-hybridized carbons (Fsp3) is 0.250. The van der Waals surface area contributed by atoms with Crippen LogP contribution in [-0.4, -0.2) is 28.2 Å². The van der Waals surface area contributed by atoms with Crippen LogP contribution in [-0.2, 0) is 17.5 Å². The van der Waals surface area contributed by atoms with E-state index in [9.17, 15) is 18.0 Å². The second-order valence-electron chi connectivity index (χ2n) is 4.09. The van der Waals surface area contributed by atoms with Crippen molar-refractivity contribution in [1.29, 1.82) is 0 Å². The van der Waals surface area contributed by atoms with Gasteiger partial charge in [0.25, 0.3) is 5.91 Å². The van der Waals surface area contributed by atoms with E-state index < -0.39 is 23.9 Å². The van der Waals surface area contributed by atoms with Gasteiger partial charge in [-0.2, -0.15) is 18.2 Å². The minimum Gasteiger partial charge on any atom is -0.380 e. The summed E-state index contributed by atoms with van der Waals surface area (Å²) in [5.74, 6) is -2.32. The summed E-state index contributed by atoms with van der Waals surface area (Å²) in [5, 5.41) is 7.19. The van der Waals surface area contributed by atoms with Crippen LogP contribution in [0.25, 0.3) is 0 Å². The Morgan fingerprint density at radius 2 is 2.19 bits per heavy atom. The van der Waals surface area contributed by atoms with Crippen LogP contribution in [0.5, 0.6) is 0 Å². The van der Waals surface area contributed by atoms with Crippen LogP contribution in [0, 0.1) is 0 Å². The average molecular weight is 300 g/mol. The van der Waals surface area contributed by atoms with Gasteiger partial charge in [-0.25, -0.2) is 0 Å². The maximum absolute atomic E-state index is 12.3. The van der Waals surface area contributed by atoms with Crippen molar-refractivity contribution in [2.24, 2.45) is 0 Å². The minimum absolute atomic E-state index is 0.267. The van der Waals surface area contributed by atoms with Crippen LogP contribution in [0.3, 0.4) is 0 Å². The molecule has 0 radical (unpaired) electrons. The zero-order valence-corrected chi connectivity index (χ0v) is 10.9. The molecule has 1 aromatic heterocycles. The summed E-state index contributed by atoms with van der Waals surface area (Å²) in [6.45, 7) is 0.319. The Labute approximate surface area is 117 Å². The van der Waals surface area contributed by atoms with E-state index in [2.05, 4.69) is 15.4 Å². The van der Waals surface area contributed by atoms with Gasteiger partial charge >= 0.3 is 6.18 Å². The first kappa shape index (κ1) is 15.0. The first-order valence-electron chi connectivity index (χ1n) is 5.79. The maximum Gasteiger partial charge on any atom is 0.451 e. The zero-order chi connectivity index (χ0) is 15.5. The number of amides is 1. The number of aromatic nitrogens is 3. The fourth-order valence-electron chi connectivity index (χ4n) is 1.59. The monoisotopic (exact) mass is 300 g/mol. The number of alkyl halides is 3. The molecule has 0 fully saturated rings. The third-order valence-electron chi connectivity index (χ3n) is 2.48. The Balaban J connectivity index is 2.11. The molecule has 0 unspecified atom stereocenters. The number of rotatable bonds is 4. The summed E-state index contributed by atoms with van der Waals surface area (Å²) in [5.41, 5.74) is 1.03. The summed E-state index contributed by atoms with van der Waals surface area (Å²) >= 11 is 0. The number of nitrogens with zero attached hydrogens (tertiary/aromatic N) is 2. The predicted octanol–water partition coefficient (Wildman–Crippen LogP) is 2.22. The lowest BCUT2D eigenvalue weighted by Gasteiger charge is -2.04. The number of H-pyrrole nitrogens is 1. The standard InChI is InChI=1S/C12H11F3N4O2/c1-21-6-7-3-2-4-8(5-7)9(20)16-11-17-10(18-19-11)12(13,14)15/h2-5H,6H2,1H3,(H2,16,17,18,19,20). The second kappa shape index (κ2) is 5.92. The lowest BCUT2D eigenvalue weighted by molar-refractivity contribution is -0.144. The summed E-state index contributed by atoms with van der Waals surface area (Å²) in [6, 6.07) is 6.49. The van der Waals surface area contributed by atoms with E-state index in [0.717, 1.165) is 5.56 Å². The lowest BCUT2D eigenvalue weighted by Crippen LogP contribution is -2.14. The molecule has 2 N–H and O–H groups in total. The first-order valence-corrected chi connectivity index (χ1v) is 5.79. The average Bonchev–Trinajstić information content (AvgIpc) is 2.88. The summed E-state index contributed by atoms with van der Waals surface area (Å²) in [6.07, 6.45) is -4.64. The second-order valence-corrected chi connectivity index (χ2v) is 4.09. The largest absolute Gasteiger partial charge is 0.451 e. The van der Waals surface area contributed by atoms with E-state index >= 15 is 0 Å². The predicted molar refractivity (Wildman–Crippen MR) is 66.5 cm³/mol. The number of carbonyl (C=O) groups is 1. The zero-order valence-electron chi connectivity index (χ0n) is 10.9. The Kier molecular flexibility index (Phi) is 4.22. The van der Waals surface area contributed by atoms with Gasteiger partial charge in [0.2, 0.25) is 11.8 Å². The highest BCUT2D eigenvalue weighted by Crippen LogP contribution is 2.26. The third-order valence-corrected chi connectivity index (χ3v) is 2.48. The Morgan fingerprint density at radius 1 is 1.43 bits per heavy atom. The molecule has 0 saturated carbocycles. The number of nitrogens with one attached hydrogen (secondary N) is 2. The number of hydrogen-bond donors (Lipinski definition) is 2. The number of ether oxygens (including phenoxy) is 1. The summed E-state index contributed by atoms with van der Waals surface area (Å²) in [4.78, 5) is 15.1. The topological polar surface area (TPSA) is 79.9 Å². The number of benzene rings is 1. The molecule has 21 heavy (non-hydrogen) atoms. The highest BCUT2D eigenvalue weighted by Gasteiger charge is 2.35. The highest BCUT2D eigenvalue weighted by molar-refractivity contribution is 6.03. The summed E-state index contributed by atoms with van der Waals surface area (Å²) < 4.78 is 42.0. The van der Waals surface area contributed by atoms with Crippen LogP contribution in [0.1, 0.15) is 21.7 Å². The molecule has 2 aromatic rings. The van der Waals surface area contributed by atoms with Crippen LogP contribution < -0.4 is 5.32 Å². The number of hydrogen-bond acceptors (Lipinski definition) is 4. The van der Waals surface area contributed by atoms with Gasteiger partial charge in [-0.15, -0.1) is 5.10 Å². The molecule has 0 aliphatic carbocycles. The van der Waals surface area contributed by atoms with E-state index in [1.807, 2.05) is 0 Å². The van der Waals surface area contributed by atoms with E-state index in [1.165, 1.54) is 13.2 Å². The molecule has 112 valence electrons. The van der Waals surface area contributed by atoms with Crippen molar-refractivity contribution in [1.82, 2.24) is 15.2 Å². The SMILES string of the molecule is COCc1cccc(C(=O)Nc2n[nH]c(C(F)(F)F)n2)c1. The van der Waals surface area contributed by atoms with Gasteiger partial charge in [0.05, 0.1) is 6.61 Å². The minimum atomic E-state index is -4.64. The fourth-order valence-corrected chi connectivity index (χ4v) is 1.59. The van der Waals surface area contributed by atoms with E-state index in [-0.39, 0.29) is 5.56 Å². The molecule has 0 atom stereocenters. The Hall–Kier alpha value is -2.42. The van der Waals surface area contributed by atoms with Gasteiger partial charge in [-0.3, -0.25) is 15.2 Å². The molecule has 1 amide bonds. The molecule has 1 aromatic carbocycles. The van der Waals surface area contributed by atoms with Gasteiger partial charge in [-0.1, -0.05) is 12.1 Å². The van der Waals surface area contributed by atoms with Gasteiger partial charge in [0, 0.05) is 12.7 Å². The first-order chi connectivity index (χ1) is 9.90. The van der Waals surface area contributed by atoms with Crippen molar-refractivity contribution in [2.75, 3.05) is 12.4 Å². The van der Waals surface area contributed by atoms with Crippen LogP contribution in [0.4, 0.5) is 19.1 Å². The molecular formula is C12H11F3N4O2. The lowest BCUT2D eigenvalue weighted by atomic mass is 10.1. The molecule has 0 aliphatic heterocycles. The third kappa shape index (κ3) is 3.78. The van der Waals surface area contributed by atoms with Crippen LogP contribution in [0.15, 0.2) is 24.3 Å². The quantitative estimate of drug-likeness (QED) is 0.907. The Morgan fingerprint density at radius 3 is 2.81 bits per heavy atom. The van der Waals surface area contributed by atoms with Crippen molar-refractivity contribution in [3.63, 3.8) is 0 Å². The molecule has 2 rings (SSSR count). The molecule has 0 aliphatic rings. The Bertz CT molecular complexity index is 639. The van der Waals surface area contributed by atoms with Gasteiger partial charge in [-0.05, 0) is 17.7 Å². The maximum atomic E-state index is 12.3. The number of halogens is 3. The van der Waals surface area contributed by atoms with Crippen molar-refractivity contribution < 1.29 is 22.7 Å². The van der Waals surface area contributed by atoms with Gasteiger partial charge in [0.1, 0.15) is 0 Å². The molecule has 1 heterocycles. The summed E-state index contributed by atoms with van der Waals surface area (Å²) in [7, 11) is 1.51. The van der Waals surface area contributed by atoms with E-state index in [1.54, 1.807) is 23.3 Å². The molecule has 6 nitrogen and oxygen atoms in total. The van der Waals surface area contributed by atoms with Crippen LogP contribution >= 0.6 is 0 Å². The molecule has 0 bridgehead atoms. The normalized spacial score (nSPS) is 11.4. The van der Waals surface area contributed by atoms with Crippen molar-refractivity contribution in [2.45, 2.75) is 12.8 Å². The van der Waals surface area contributed by atoms with E-state index in [4.69, 9.17) is 4.74 Å². The smallest absolute Gasteiger partial charge is 0.380 e. The van der Waals surface area contributed by atoms with Crippen LogP contribution in [0.2, 0.25) is 0 Å². The van der Waals surface area contributed by atoms with E-state index in [0.29, 0.717) is 6.61 Å². The number of aromatic amines is 1. The molecule has 0 saturated heterocycles. The van der Waals surface area contributed by atoms with Crippen molar-refractivity contribution in [3.05, 3.63) is 41.2 Å². The molecule has 9 heteroatoms. The molecular weight excluding hydrogens is 289 g/mol. The number of carbonyl (C=O) groups excluding carboxylic acids is 1.